The van der Waals surface area contributed by atoms with E-state index in [0.717, 1.165) is 13.1 Å². The third-order valence-corrected chi connectivity index (χ3v) is 2.74. The van der Waals surface area contributed by atoms with E-state index in [9.17, 15) is 4.79 Å². The highest BCUT2D eigenvalue weighted by Gasteiger charge is 2.18. The first kappa shape index (κ1) is 12.0. The second-order valence-electron chi connectivity index (χ2n) is 3.99. The lowest BCUT2D eigenvalue weighted by Gasteiger charge is -2.27. The van der Waals surface area contributed by atoms with Crippen LogP contribution in [0.15, 0.2) is 11.3 Å². The molecule has 1 aliphatic rings. The molecular weight excluding hydrogens is 192 g/mol. The van der Waals surface area contributed by atoms with Crippen LogP contribution in [0.3, 0.4) is 0 Å². The number of hydrogen-bond acceptors (Lipinski definition) is 4. The predicted molar refractivity (Wildman–Crippen MR) is 59.2 cm³/mol. The minimum Gasteiger partial charge on any atom is -0.466 e. The zero-order chi connectivity index (χ0) is 11.3. The van der Waals surface area contributed by atoms with Gasteiger partial charge in [0, 0.05) is 12.2 Å². The van der Waals surface area contributed by atoms with Gasteiger partial charge in [-0.15, -0.1) is 0 Å². The summed E-state index contributed by atoms with van der Waals surface area (Å²) in [5, 5.41) is 0. The molecule has 0 saturated carbocycles. The Labute approximate surface area is 91.1 Å². The number of carbonyl (C=O) groups excluding carboxylic acids is 1. The Bertz CT molecular complexity index is 251. The number of carbonyl (C=O) groups is 1. The van der Waals surface area contributed by atoms with E-state index < -0.39 is 0 Å². The Morgan fingerprint density at radius 3 is 2.40 bits per heavy atom. The Kier molecular flexibility index (Phi) is 4.62. The van der Waals surface area contributed by atoms with E-state index in [-0.39, 0.29) is 5.97 Å². The van der Waals surface area contributed by atoms with Gasteiger partial charge in [-0.3, -0.25) is 4.90 Å². The number of methoxy groups -OCH3 is 1. The molecule has 0 amide bonds. The molecule has 0 spiro atoms. The predicted octanol–water partition coefficient (Wildman–Crippen LogP) is 0.878. The van der Waals surface area contributed by atoms with Crippen molar-refractivity contribution in [3.05, 3.63) is 11.3 Å². The van der Waals surface area contributed by atoms with Gasteiger partial charge in [-0.2, -0.15) is 0 Å². The summed E-state index contributed by atoms with van der Waals surface area (Å²) in [4.78, 5) is 13.7. The van der Waals surface area contributed by atoms with Gasteiger partial charge in [0.1, 0.15) is 0 Å². The van der Waals surface area contributed by atoms with Gasteiger partial charge in [0.2, 0.25) is 0 Å². The van der Waals surface area contributed by atoms with Gasteiger partial charge in [0.15, 0.2) is 0 Å². The highest BCUT2D eigenvalue weighted by atomic mass is 16.5. The van der Waals surface area contributed by atoms with Crippen molar-refractivity contribution in [1.29, 1.82) is 0 Å². The molecule has 0 bridgehead atoms. The quantitative estimate of drug-likeness (QED) is 0.557. The summed E-state index contributed by atoms with van der Waals surface area (Å²) in [6.45, 7) is 4.47. The van der Waals surface area contributed by atoms with E-state index in [4.69, 9.17) is 10.5 Å². The number of likely N-dealkylation sites (tertiary alicyclic amines) is 1. The standard InChI is InChI=1S/C11H20N2O2/c1-9(12)10(11(14)15-2)8-13-6-4-3-5-7-13/h3-8,12H2,1-2H3/b10-9+. The smallest absolute Gasteiger partial charge is 0.336 e. The summed E-state index contributed by atoms with van der Waals surface area (Å²) in [6, 6.07) is 0. The molecule has 0 radical (unpaired) electrons. The minimum atomic E-state index is -0.305. The maximum absolute atomic E-state index is 11.4. The summed E-state index contributed by atoms with van der Waals surface area (Å²) in [5.74, 6) is -0.305. The van der Waals surface area contributed by atoms with Gasteiger partial charge >= 0.3 is 5.97 Å². The van der Waals surface area contributed by atoms with Crippen molar-refractivity contribution < 1.29 is 9.53 Å². The third kappa shape index (κ3) is 3.55. The molecule has 86 valence electrons. The fraction of sp³-hybridized carbons (Fsp3) is 0.727. The van der Waals surface area contributed by atoms with Crippen molar-refractivity contribution in [3.63, 3.8) is 0 Å². The van der Waals surface area contributed by atoms with E-state index in [1.165, 1.54) is 26.4 Å². The molecule has 1 heterocycles. The Morgan fingerprint density at radius 2 is 1.93 bits per heavy atom. The number of piperidine rings is 1. The van der Waals surface area contributed by atoms with Crippen LogP contribution < -0.4 is 5.73 Å². The average Bonchev–Trinajstić information content (AvgIpc) is 2.26. The molecule has 1 aliphatic heterocycles. The summed E-state index contributed by atoms with van der Waals surface area (Å²) in [6.07, 6.45) is 3.70. The van der Waals surface area contributed by atoms with E-state index in [1.807, 2.05) is 0 Å². The molecule has 15 heavy (non-hydrogen) atoms. The molecule has 1 rings (SSSR count). The topological polar surface area (TPSA) is 55.6 Å². The molecule has 0 aliphatic carbocycles. The zero-order valence-electron chi connectivity index (χ0n) is 9.58. The summed E-state index contributed by atoms with van der Waals surface area (Å²) in [5.41, 5.74) is 6.84. The van der Waals surface area contributed by atoms with Gasteiger partial charge in [0.25, 0.3) is 0 Å². The lowest BCUT2D eigenvalue weighted by molar-refractivity contribution is -0.136. The molecule has 1 saturated heterocycles. The van der Waals surface area contributed by atoms with Crippen LogP contribution in [-0.2, 0) is 9.53 Å². The number of esters is 1. The molecule has 4 heteroatoms. The van der Waals surface area contributed by atoms with Gasteiger partial charge in [-0.1, -0.05) is 6.42 Å². The molecule has 1 fully saturated rings. The normalized spacial score (nSPS) is 19.6. The summed E-state index contributed by atoms with van der Waals surface area (Å²) in [7, 11) is 1.39. The monoisotopic (exact) mass is 212 g/mol. The van der Waals surface area contributed by atoms with Crippen LogP contribution in [-0.4, -0.2) is 37.6 Å². The lowest BCUT2D eigenvalue weighted by atomic mass is 10.1. The van der Waals surface area contributed by atoms with E-state index in [2.05, 4.69) is 4.90 Å². The van der Waals surface area contributed by atoms with Crippen molar-refractivity contribution in [2.24, 2.45) is 5.73 Å². The first-order valence-electron chi connectivity index (χ1n) is 5.41. The van der Waals surface area contributed by atoms with Crippen LogP contribution in [0.2, 0.25) is 0 Å². The lowest BCUT2D eigenvalue weighted by Crippen LogP contribution is -2.34. The second kappa shape index (κ2) is 5.75. The van der Waals surface area contributed by atoms with Crippen LogP contribution in [0, 0.1) is 0 Å². The average molecular weight is 212 g/mol. The highest BCUT2D eigenvalue weighted by molar-refractivity contribution is 5.89. The molecule has 0 aromatic carbocycles. The van der Waals surface area contributed by atoms with Crippen molar-refractivity contribution in [2.75, 3.05) is 26.7 Å². The van der Waals surface area contributed by atoms with E-state index >= 15 is 0 Å². The zero-order valence-corrected chi connectivity index (χ0v) is 9.58. The molecular formula is C11H20N2O2. The van der Waals surface area contributed by atoms with Gasteiger partial charge in [-0.05, 0) is 32.9 Å². The summed E-state index contributed by atoms with van der Waals surface area (Å²) < 4.78 is 4.71. The molecule has 4 nitrogen and oxygen atoms in total. The number of nitrogens with zero attached hydrogens (tertiary/aromatic N) is 1. The molecule has 0 unspecified atom stereocenters. The number of nitrogens with two attached hydrogens (primary N) is 1. The van der Waals surface area contributed by atoms with E-state index in [1.54, 1.807) is 6.92 Å². The van der Waals surface area contributed by atoms with Gasteiger partial charge in [-0.25, -0.2) is 4.79 Å². The Hall–Kier alpha value is -1.03. The first-order chi connectivity index (χ1) is 7.15. The van der Waals surface area contributed by atoms with Crippen LogP contribution in [0.5, 0.6) is 0 Å². The fourth-order valence-electron chi connectivity index (χ4n) is 1.81. The number of ether oxygens (including phenoxy) is 1. The van der Waals surface area contributed by atoms with Gasteiger partial charge in [0.05, 0.1) is 12.7 Å². The number of allylic oxidation sites excluding steroid dienone is 1. The van der Waals surface area contributed by atoms with Crippen LogP contribution in [0.4, 0.5) is 0 Å². The minimum absolute atomic E-state index is 0.305. The SMILES string of the molecule is COC(=O)/C(CN1CCCCC1)=C(\C)N. The number of rotatable bonds is 3. The van der Waals surface area contributed by atoms with Crippen molar-refractivity contribution in [2.45, 2.75) is 26.2 Å². The van der Waals surface area contributed by atoms with Crippen molar-refractivity contribution in [1.82, 2.24) is 4.90 Å². The second-order valence-corrected chi connectivity index (χ2v) is 3.99. The van der Waals surface area contributed by atoms with Crippen molar-refractivity contribution in [3.8, 4) is 0 Å². The third-order valence-electron chi connectivity index (χ3n) is 2.74. The fourth-order valence-corrected chi connectivity index (χ4v) is 1.81. The van der Waals surface area contributed by atoms with Crippen LogP contribution in [0.25, 0.3) is 0 Å². The Balaban J connectivity index is 2.59. The summed E-state index contributed by atoms with van der Waals surface area (Å²) >= 11 is 0. The van der Waals surface area contributed by atoms with Crippen LogP contribution >= 0.6 is 0 Å². The maximum Gasteiger partial charge on any atom is 0.336 e. The number of hydrogen-bond donors (Lipinski definition) is 1. The van der Waals surface area contributed by atoms with Gasteiger partial charge < -0.3 is 10.5 Å². The van der Waals surface area contributed by atoms with E-state index in [0.29, 0.717) is 17.8 Å². The molecule has 0 aromatic heterocycles. The molecule has 0 atom stereocenters. The maximum atomic E-state index is 11.4. The van der Waals surface area contributed by atoms with Crippen molar-refractivity contribution >= 4 is 5.97 Å². The highest BCUT2D eigenvalue weighted by Crippen LogP contribution is 2.12. The largest absolute Gasteiger partial charge is 0.466 e. The molecule has 2 N–H and O–H groups in total. The first-order valence-corrected chi connectivity index (χ1v) is 5.41. The molecule has 0 aromatic rings. The Morgan fingerprint density at radius 1 is 1.33 bits per heavy atom. The van der Waals surface area contributed by atoms with Crippen LogP contribution in [0.1, 0.15) is 26.2 Å².